The van der Waals surface area contributed by atoms with Crippen LogP contribution in [-0.2, 0) is 4.75 Å². The minimum Gasteiger partial charge on any atom is -0.294 e. The summed E-state index contributed by atoms with van der Waals surface area (Å²) in [4.78, 5) is 13.6. The highest BCUT2D eigenvalue weighted by molar-refractivity contribution is 8.00. The van der Waals surface area contributed by atoms with Gasteiger partial charge in [-0.2, -0.15) is 13.2 Å². The van der Waals surface area contributed by atoms with Crippen molar-refractivity contribution in [1.29, 1.82) is 0 Å². The average molecular weight is 412 g/mol. The lowest BCUT2D eigenvalue weighted by Gasteiger charge is -2.37. The van der Waals surface area contributed by atoms with Gasteiger partial charge in [-0.15, -0.1) is 11.8 Å². The Morgan fingerprint density at radius 1 is 0.793 bits per heavy atom. The second kappa shape index (κ2) is 7.71. The fourth-order valence-corrected chi connectivity index (χ4v) is 6.07. The van der Waals surface area contributed by atoms with E-state index in [2.05, 4.69) is 0 Å². The number of hydrogen-bond donors (Lipinski definition) is 0. The third kappa shape index (κ3) is 3.48. The summed E-state index contributed by atoms with van der Waals surface area (Å²) in [6.45, 7) is 0. The molecule has 5 heteroatoms. The Morgan fingerprint density at radius 2 is 1.24 bits per heavy atom. The molecule has 0 aromatic heterocycles. The van der Waals surface area contributed by atoms with Gasteiger partial charge in [-0.25, -0.2) is 0 Å². The highest BCUT2D eigenvalue weighted by Gasteiger charge is 2.62. The van der Waals surface area contributed by atoms with Gasteiger partial charge in [0.15, 0.2) is 5.78 Å². The van der Waals surface area contributed by atoms with Gasteiger partial charge < -0.3 is 0 Å². The molecular formula is C24H19F3OS. The molecule has 3 aromatic rings. The Balaban J connectivity index is 1.96. The van der Waals surface area contributed by atoms with Crippen molar-refractivity contribution in [3.8, 4) is 0 Å². The van der Waals surface area contributed by atoms with Crippen LogP contribution in [0.4, 0.5) is 13.2 Å². The number of Topliss-reactive ketones (excluding diaryl/α,β-unsaturated/α-hetero) is 1. The van der Waals surface area contributed by atoms with Crippen molar-refractivity contribution in [1.82, 2.24) is 0 Å². The van der Waals surface area contributed by atoms with Gasteiger partial charge in [-0.05, 0) is 11.1 Å². The smallest absolute Gasteiger partial charge is 0.294 e. The van der Waals surface area contributed by atoms with Gasteiger partial charge in [0.2, 0.25) is 0 Å². The summed E-state index contributed by atoms with van der Waals surface area (Å²) in [6.07, 6.45) is -4.46. The average Bonchev–Trinajstić information content (AvgIpc) is 3.17. The second-order valence-corrected chi connectivity index (χ2v) is 8.40. The van der Waals surface area contributed by atoms with E-state index in [4.69, 9.17) is 0 Å². The van der Waals surface area contributed by atoms with Gasteiger partial charge in [0.05, 0.1) is 16.6 Å². The molecule has 0 N–H and O–H groups in total. The van der Waals surface area contributed by atoms with E-state index in [1.165, 1.54) is 11.8 Å². The molecule has 0 amide bonds. The molecule has 1 heterocycles. The molecular weight excluding hydrogens is 393 g/mol. The molecule has 1 aliphatic rings. The highest BCUT2D eigenvalue weighted by Crippen LogP contribution is 2.61. The van der Waals surface area contributed by atoms with Crippen molar-refractivity contribution in [3.05, 3.63) is 108 Å². The number of carbonyl (C=O) groups is 1. The second-order valence-electron chi connectivity index (χ2n) is 7.13. The first-order valence-electron chi connectivity index (χ1n) is 9.35. The number of carbonyl (C=O) groups excluding carboxylic acids is 1. The van der Waals surface area contributed by atoms with E-state index < -0.39 is 28.5 Å². The molecule has 1 nitrogen and oxygen atoms in total. The largest absolute Gasteiger partial charge is 0.393 e. The summed E-state index contributed by atoms with van der Waals surface area (Å²) in [7, 11) is 0. The Bertz CT molecular complexity index is 932. The third-order valence-electron chi connectivity index (χ3n) is 5.50. The maximum Gasteiger partial charge on any atom is 0.393 e. The number of rotatable bonds is 4. The Morgan fingerprint density at radius 3 is 1.69 bits per heavy atom. The van der Waals surface area contributed by atoms with Gasteiger partial charge in [-0.1, -0.05) is 91.0 Å². The summed E-state index contributed by atoms with van der Waals surface area (Å²) in [5.41, 5.74) is 1.75. The first kappa shape index (κ1) is 19.8. The SMILES string of the molecule is O=C(c1ccccc1)[C@H]1[C@H](C(F)(F)F)CSC1(c1ccccc1)c1ccccc1. The zero-order valence-corrected chi connectivity index (χ0v) is 16.3. The van der Waals surface area contributed by atoms with Crippen molar-refractivity contribution < 1.29 is 18.0 Å². The lowest BCUT2D eigenvalue weighted by molar-refractivity contribution is -0.177. The van der Waals surface area contributed by atoms with Crippen LogP contribution in [0, 0.1) is 11.8 Å². The number of alkyl halides is 3. The van der Waals surface area contributed by atoms with E-state index >= 15 is 0 Å². The fourth-order valence-electron chi connectivity index (χ4n) is 4.19. The zero-order valence-electron chi connectivity index (χ0n) is 15.5. The monoisotopic (exact) mass is 412 g/mol. The number of benzene rings is 3. The number of hydrogen-bond acceptors (Lipinski definition) is 2. The van der Waals surface area contributed by atoms with Gasteiger partial charge in [0.1, 0.15) is 0 Å². The Hall–Kier alpha value is -2.53. The van der Waals surface area contributed by atoms with Crippen LogP contribution < -0.4 is 0 Å². The molecule has 0 aliphatic carbocycles. The maximum absolute atomic E-state index is 14.1. The lowest BCUT2D eigenvalue weighted by Crippen LogP contribution is -2.42. The first-order chi connectivity index (χ1) is 13.9. The molecule has 1 aliphatic heterocycles. The topological polar surface area (TPSA) is 17.1 Å². The molecule has 3 aromatic carbocycles. The molecule has 0 bridgehead atoms. The fraction of sp³-hybridized carbons (Fsp3) is 0.208. The predicted octanol–water partition coefficient (Wildman–Crippen LogP) is 6.35. The molecule has 1 saturated heterocycles. The van der Waals surface area contributed by atoms with Crippen LogP contribution in [0.1, 0.15) is 21.5 Å². The van der Waals surface area contributed by atoms with Gasteiger partial charge in [-0.3, -0.25) is 4.79 Å². The molecule has 0 saturated carbocycles. The van der Waals surface area contributed by atoms with Gasteiger partial charge in [0, 0.05) is 11.3 Å². The summed E-state index contributed by atoms with van der Waals surface area (Å²) < 4.78 is 41.2. The van der Waals surface area contributed by atoms with E-state index in [0.29, 0.717) is 5.56 Å². The molecule has 0 radical (unpaired) electrons. The Labute approximate surface area is 172 Å². The number of ketones is 1. The van der Waals surface area contributed by atoms with Crippen molar-refractivity contribution in [3.63, 3.8) is 0 Å². The molecule has 4 rings (SSSR count). The van der Waals surface area contributed by atoms with E-state index in [0.717, 1.165) is 11.1 Å². The van der Waals surface area contributed by atoms with Crippen LogP contribution in [0.15, 0.2) is 91.0 Å². The van der Waals surface area contributed by atoms with Crippen molar-refractivity contribution in [2.45, 2.75) is 10.9 Å². The van der Waals surface area contributed by atoms with Crippen molar-refractivity contribution >= 4 is 17.5 Å². The van der Waals surface area contributed by atoms with Crippen LogP contribution in [0.5, 0.6) is 0 Å². The minimum atomic E-state index is -4.46. The predicted molar refractivity (Wildman–Crippen MR) is 110 cm³/mol. The minimum absolute atomic E-state index is 0.156. The van der Waals surface area contributed by atoms with Crippen LogP contribution in [-0.4, -0.2) is 17.7 Å². The summed E-state index contributed by atoms with van der Waals surface area (Å²) in [5, 5.41) is 0. The van der Waals surface area contributed by atoms with Gasteiger partial charge in [0.25, 0.3) is 0 Å². The Kier molecular flexibility index (Phi) is 5.26. The first-order valence-corrected chi connectivity index (χ1v) is 10.3. The number of thioether (sulfide) groups is 1. The third-order valence-corrected chi connectivity index (χ3v) is 7.20. The lowest BCUT2D eigenvalue weighted by atomic mass is 9.71. The summed E-state index contributed by atoms with van der Waals surface area (Å²) >= 11 is 1.22. The maximum atomic E-state index is 14.1. The van der Waals surface area contributed by atoms with Crippen LogP contribution >= 0.6 is 11.8 Å². The van der Waals surface area contributed by atoms with E-state index in [9.17, 15) is 18.0 Å². The normalized spacial score (nSPS) is 21.1. The summed E-state index contributed by atoms with van der Waals surface area (Å²) in [5.74, 6) is -3.60. The van der Waals surface area contributed by atoms with E-state index in [-0.39, 0.29) is 5.75 Å². The van der Waals surface area contributed by atoms with E-state index in [1.807, 2.05) is 60.7 Å². The van der Waals surface area contributed by atoms with Crippen LogP contribution in [0.3, 0.4) is 0 Å². The van der Waals surface area contributed by atoms with Crippen molar-refractivity contribution in [2.75, 3.05) is 5.75 Å². The van der Waals surface area contributed by atoms with Crippen molar-refractivity contribution in [2.24, 2.45) is 11.8 Å². The van der Waals surface area contributed by atoms with Crippen LogP contribution in [0.25, 0.3) is 0 Å². The molecule has 1 fully saturated rings. The molecule has 148 valence electrons. The quantitative estimate of drug-likeness (QED) is 0.464. The van der Waals surface area contributed by atoms with Crippen LogP contribution in [0.2, 0.25) is 0 Å². The molecule has 29 heavy (non-hydrogen) atoms. The van der Waals surface area contributed by atoms with E-state index in [1.54, 1.807) is 30.3 Å². The molecule has 2 atom stereocenters. The molecule has 0 spiro atoms. The van der Waals surface area contributed by atoms with Gasteiger partial charge >= 0.3 is 6.18 Å². The number of halogens is 3. The summed E-state index contributed by atoms with van der Waals surface area (Å²) in [6, 6.07) is 26.5. The zero-order chi connectivity index (χ0) is 20.5. The molecule has 0 unspecified atom stereocenters. The highest BCUT2D eigenvalue weighted by atomic mass is 32.2. The standard InChI is InChI=1S/C24H19F3OS/c25-24(26,27)20-16-29-23(18-12-6-2-7-13-18,19-14-8-3-9-15-19)21(20)22(28)17-10-4-1-5-11-17/h1-15,20-21H,16H2/t20-,21-/m1/s1.